The fourth-order valence-corrected chi connectivity index (χ4v) is 1.41. The van der Waals surface area contributed by atoms with Crippen LogP contribution >= 0.6 is 15.9 Å². The van der Waals surface area contributed by atoms with Crippen LogP contribution in [0.3, 0.4) is 0 Å². The minimum absolute atomic E-state index is 0.0833. The molecule has 0 spiro atoms. The van der Waals surface area contributed by atoms with Crippen molar-refractivity contribution in [2.45, 2.75) is 6.54 Å². The number of benzene rings is 1. The van der Waals surface area contributed by atoms with Gasteiger partial charge in [0.15, 0.2) is 0 Å². The van der Waals surface area contributed by atoms with Crippen molar-refractivity contribution in [2.75, 3.05) is 6.54 Å². The first-order valence-corrected chi connectivity index (χ1v) is 4.93. The quantitative estimate of drug-likeness (QED) is 0.816. The van der Waals surface area contributed by atoms with Crippen LogP contribution in [0.4, 0.5) is 8.78 Å². The lowest BCUT2D eigenvalue weighted by molar-refractivity contribution is -0.117. The molecular formula is C9H9BrF2N2O. The fourth-order valence-electron chi connectivity index (χ4n) is 1.04. The van der Waals surface area contributed by atoms with Gasteiger partial charge in [-0.3, -0.25) is 4.79 Å². The lowest BCUT2D eigenvalue weighted by atomic mass is 10.2. The highest BCUT2D eigenvalue weighted by Crippen LogP contribution is 2.21. The van der Waals surface area contributed by atoms with Gasteiger partial charge < -0.3 is 11.1 Å². The molecule has 0 aliphatic heterocycles. The topological polar surface area (TPSA) is 55.1 Å². The first kappa shape index (κ1) is 12.1. The second-order valence-corrected chi connectivity index (χ2v) is 3.75. The van der Waals surface area contributed by atoms with Gasteiger partial charge in [0.05, 0.1) is 11.0 Å². The van der Waals surface area contributed by atoms with Gasteiger partial charge in [-0.2, -0.15) is 0 Å². The number of carbonyl (C=O) groups is 1. The Balaban J connectivity index is 2.75. The summed E-state index contributed by atoms with van der Waals surface area (Å²) in [5.41, 5.74) is 4.74. The van der Waals surface area contributed by atoms with Crippen LogP contribution in [-0.2, 0) is 11.3 Å². The summed E-state index contributed by atoms with van der Waals surface area (Å²) in [5, 5.41) is 2.53. The van der Waals surface area contributed by atoms with Crippen molar-refractivity contribution in [1.82, 2.24) is 5.32 Å². The summed E-state index contributed by atoms with van der Waals surface area (Å²) in [4.78, 5) is 10.4. The molecule has 6 heteroatoms. The van der Waals surface area contributed by atoms with Gasteiger partial charge in [0, 0.05) is 12.1 Å². The van der Waals surface area contributed by atoms with Crippen LogP contribution in [0.5, 0.6) is 0 Å². The van der Waals surface area contributed by atoms with Crippen LogP contribution in [0.2, 0.25) is 0 Å². The van der Waals surface area contributed by atoms with E-state index in [0.717, 1.165) is 6.07 Å². The number of hydrogen-bond donors (Lipinski definition) is 2. The number of primary amides is 1. The second-order valence-electron chi connectivity index (χ2n) is 2.89. The summed E-state index contributed by atoms with van der Waals surface area (Å²) in [6.07, 6.45) is 0. The molecule has 1 rings (SSSR count). The maximum absolute atomic E-state index is 13.3. The molecule has 0 saturated carbocycles. The molecule has 0 radical (unpaired) electrons. The van der Waals surface area contributed by atoms with Crippen molar-refractivity contribution in [3.8, 4) is 0 Å². The normalized spacial score (nSPS) is 10.3. The van der Waals surface area contributed by atoms with Crippen molar-refractivity contribution >= 4 is 21.8 Å². The van der Waals surface area contributed by atoms with Gasteiger partial charge in [0.1, 0.15) is 11.6 Å². The Kier molecular flexibility index (Phi) is 4.16. The van der Waals surface area contributed by atoms with Crippen LogP contribution in [0, 0.1) is 11.6 Å². The first-order chi connectivity index (χ1) is 7.02. The standard InChI is InChI=1S/C9H9BrF2N2O/c10-6-1-2-7(11)5(9(6)12)3-14-4-8(13)15/h1-2,14H,3-4H2,(H2,13,15). The summed E-state index contributed by atoms with van der Waals surface area (Å²) in [6, 6.07) is 2.43. The number of rotatable bonds is 4. The number of carbonyl (C=O) groups excluding carboxylic acids is 1. The van der Waals surface area contributed by atoms with Gasteiger partial charge in [0.2, 0.25) is 5.91 Å². The molecule has 0 fully saturated rings. The van der Waals surface area contributed by atoms with Gasteiger partial charge in [-0.15, -0.1) is 0 Å². The molecule has 3 nitrogen and oxygen atoms in total. The monoisotopic (exact) mass is 278 g/mol. The Morgan fingerprint density at radius 2 is 2.13 bits per heavy atom. The van der Waals surface area contributed by atoms with Gasteiger partial charge in [-0.1, -0.05) is 0 Å². The van der Waals surface area contributed by atoms with Crippen LogP contribution in [0.1, 0.15) is 5.56 Å². The smallest absolute Gasteiger partial charge is 0.231 e. The molecule has 3 N–H and O–H groups in total. The Bertz CT molecular complexity index is 385. The third-order valence-corrected chi connectivity index (χ3v) is 2.35. The number of amides is 1. The van der Waals surface area contributed by atoms with E-state index in [1.54, 1.807) is 0 Å². The molecular weight excluding hydrogens is 270 g/mol. The zero-order chi connectivity index (χ0) is 11.4. The Morgan fingerprint density at radius 1 is 1.47 bits per heavy atom. The highest BCUT2D eigenvalue weighted by atomic mass is 79.9. The van der Waals surface area contributed by atoms with Gasteiger partial charge in [-0.05, 0) is 28.1 Å². The van der Waals surface area contributed by atoms with Crippen molar-refractivity contribution in [3.05, 3.63) is 33.8 Å². The molecule has 0 atom stereocenters. The molecule has 0 aliphatic rings. The van der Waals surface area contributed by atoms with E-state index >= 15 is 0 Å². The zero-order valence-electron chi connectivity index (χ0n) is 7.69. The number of nitrogens with one attached hydrogen (secondary N) is 1. The number of halogens is 3. The van der Waals surface area contributed by atoms with Crippen LogP contribution in [-0.4, -0.2) is 12.5 Å². The van der Waals surface area contributed by atoms with Crippen molar-refractivity contribution < 1.29 is 13.6 Å². The molecule has 1 aromatic carbocycles. The molecule has 0 aliphatic carbocycles. The molecule has 0 saturated heterocycles. The predicted molar refractivity (Wildman–Crippen MR) is 55.0 cm³/mol. The molecule has 82 valence electrons. The van der Waals surface area contributed by atoms with Crippen LogP contribution < -0.4 is 11.1 Å². The van der Waals surface area contributed by atoms with E-state index in [4.69, 9.17) is 5.73 Å². The Hall–Kier alpha value is -1.01. The largest absolute Gasteiger partial charge is 0.369 e. The molecule has 1 aromatic rings. The SMILES string of the molecule is NC(=O)CNCc1c(F)ccc(Br)c1F. The molecule has 0 unspecified atom stereocenters. The van der Waals surface area contributed by atoms with E-state index in [1.807, 2.05) is 0 Å². The maximum Gasteiger partial charge on any atom is 0.231 e. The Morgan fingerprint density at radius 3 is 2.73 bits per heavy atom. The minimum atomic E-state index is -0.674. The summed E-state index contributed by atoms with van der Waals surface area (Å²) >= 11 is 2.94. The third-order valence-electron chi connectivity index (χ3n) is 1.74. The first-order valence-electron chi connectivity index (χ1n) is 4.13. The lowest BCUT2D eigenvalue weighted by Gasteiger charge is -2.06. The summed E-state index contributed by atoms with van der Waals surface area (Å²) in [6.45, 7) is -0.203. The Labute approximate surface area is 93.8 Å². The highest BCUT2D eigenvalue weighted by molar-refractivity contribution is 9.10. The van der Waals surface area contributed by atoms with E-state index in [0.29, 0.717) is 0 Å². The van der Waals surface area contributed by atoms with E-state index in [2.05, 4.69) is 21.2 Å². The van der Waals surface area contributed by atoms with Gasteiger partial charge in [0.25, 0.3) is 0 Å². The average molecular weight is 279 g/mol. The molecule has 15 heavy (non-hydrogen) atoms. The number of nitrogens with two attached hydrogens (primary N) is 1. The maximum atomic E-state index is 13.3. The minimum Gasteiger partial charge on any atom is -0.369 e. The number of hydrogen-bond acceptors (Lipinski definition) is 2. The van der Waals surface area contributed by atoms with E-state index in [-0.39, 0.29) is 23.1 Å². The molecule has 0 heterocycles. The summed E-state index contributed by atoms with van der Waals surface area (Å²) in [7, 11) is 0. The molecule has 0 bridgehead atoms. The van der Waals surface area contributed by atoms with E-state index < -0.39 is 17.5 Å². The van der Waals surface area contributed by atoms with Crippen molar-refractivity contribution in [1.29, 1.82) is 0 Å². The summed E-state index contributed by atoms with van der Waals surface area (Å²) < 4.78 is 26.7. The summed E-state index contributed by atoms with van der Waals surface area (Å²) in [5.74, 6) is -1.91. The average Bonchev–Trinajstić information content (AvgIpc) is 2.17. The van der Waals surface area contributed by atoms with Crippen molar-refractivity contribution in [3.63, 3.8) is 0 Å². The van der Waals surface area contributed by atoms with Crippen LogP contribution in [0.15, 0.2) is 16.6 Å². The van der Waals surface area contributed by atoms with Gasteiger partial charge >= 0.3 is 0 Å². The van der Waals surface area contributed by atoms with E-state index in [1.165, 1.54) is 6.07 Å². The van der Waals surface area contributed by atoms with Crippen molar-refractivity contribution in [2.24, 2.45) is 5.73 Å². The predicted octanol–water partition coefficient (Wildman–Crippen LogP) is 1.30. The fraction of sp³-hybridized carbons (Fsp3) is 0.222. The lowest BCUT2D eigenvalue weighted by Crippen LogP contribution is -2.28. The molecule has 0 aromatic heterocycles. The third kappa shape index (κ3) is 3.24. The highest BCUT2D eigenvalue weighted by Gasteiger charge is 2.11. The van der Waals surface area contributed by atoms with Gasteiger partial charge in [-0.25, -0.2) is 8.78 Å². The van der Waals surface area contributed by atoms with Crippen LogP contribution in [0.25, 0.3) is 0 Å². The van der Waals surface area contributed by atoms with E-state index in [9.17, 15) is 13.6 Å². The zero-order valence-corrected chi connectivity index (χ0v) is 9.27. The second kappa shape index (κ2) is 5.18. The molecule has 1 amide bonds.